The highest BCUT2D eigenvalue weighted by atomic mass is 16.5. The van der Waals surface area contributed by atoms with Crippen LogP contribution in [-0.4, -0.2) is 52.3 Å². The highest BCUT2D eigenvalue weighted by Crippen LogP contribution is 2.31. The first-order valence-corrected chi connectivity index (χ1v) is 9.04. The molecule has 132 valence electrons. The van der Waals surface area contributed by atoms with Crippen molar-refractivity contribution < 1.29 is 4.74 Å². The van der Waals surface area contributed by atoms with Gasteiger partial charge in [-0.2, -0.15) is 0 Å². The van der Waals surface area contributed by atoms with Crippen LogP contribution in [0.25, 0.3) is 22.3 Å². The van der Waals surface area contributed by atoms with E-state index in [1.165, 1.54) is 27.7 Å². The van der Waals surface area contributed by atoms with Crippen molar-refractivity contribution in [2.75, 3.05) is 32.8 Å². The van der Waals surface area contributed by atoms with Gasteiger partial charge in [-0.25, -0.2) is 4.98 Å². The summed E-state index contributed by atoms with van der Waals surface area (Å²) in [5.41, 5.74) is 6.10. The van der Waals surface area contributed by atoms with Gasteiger partial charge in [-0.05, 0) is 38.5 Å². The lowest BCUT2D eigenvalue weighted by Gasteiger charge is -2.30. The Labute approximate surface area is 148 Å². The number of hydrogen-bond donors (Lipinski definition) is 1. The monoisotopic (exact) mass is 338 g/mol. The standard InChI is InChI=1S/C20H26N4O/c1-14-4-5-18-17(10-14)16(3)20(22-18)19-11-21-13-24(19)15(2)12-23-6-8-25-9-7-23/h4-5,10-11,13,15,22H,6-9,12H2,1-3H3/t15-/m1/s1. The Morgan fingerprint density at radius 1 is 1.24 bits per heavy atom. The fourth-order valence-corrected chi connectivity index (χ4v) is 3.79. The lowest BCUT2D eigenvalue weighted by molar-refractivity contribution is 0.0326. The predicted molar refractivity (Wildman–Crippen MR) is 101 cm³/mol. The molecule has 1 N–H and O–H groups in total. The van der Waals surface area contributed by atoms with E-state index in [-0.39, 0.29) is 0 Å². The van der Waals surface area contributed by atoms with Crippen molar-refractivity contribution in [3.8, 4) is 11.4 Å². The van der Waals surface area contributed by atoms with Crippen molar-refractivity contribution in [3.63, 3.8) is 0 Å². The van der Waals surface area contributed by atoms with E-state index < -0.39 is 0 Å². The minimum atomic E-state index is 0.364. The van der Waals surface area contributed by atoms with Gasteiger partial charge in [0.25, 0.3) is 0 Å². The molecule has 3 aromatic rings. The summed E-state index contributed by atoms with van der Waals surface area (Å²) in [7, 11) is 0. The van der Waals surface area contributed by atoms with Crippen molar-refractivity contribution in [2.45, 2.75) is 26.8 Å². The smallest absolute Gasteiger partial charge is 0.0954 e. The second-order valence-corrected chi connectivity index (χ2v) is 7.12. The summed E-state index contributed by atoms with van der Waals surface area (Å²) in [5, 5.41) is 1.29. The van der Waals surface area contributed by atoms with Crippen molar-refractivity contribution in [3.05, 3.63) is 41.9 Å². The van der Waals surface area contributed by atoms with Gasteiger partial charge in [-0.1, -0.05) is 11.6 Å². The predicted octanol–water partition coefficient (Wildman–Crippen LogP) is 3.54. The average molecular weight is 338 g/mol. The highest BCUT2D eigenvalue weighted by molar-refractivity contribution is 5.90. The van der Waals surface area contributed by atoms with Gasteiger partial charge < -0.3 is 14.3 Å². The molecule has 0 amide bonds. The number of nitrogens with one attached hydrogen (secondary N) is 1. The number of aromatic nitrogens is 3. The first-order valence-electron chi connectivity index (χ1n) is 9.04. The summed E-state index contributed by atoms with van der Waals surface area (Å²) in [6, 6.07) is 6.94. The molecule has 0 saturated carbocycles. The van der Waals surface area contributed by atoms with Crippen molar-refractivity contribution in [2.24, 2.45) is 0 Å². The topological polar surface area (TPSA) is 46.1 Å². The van der Waals surface area contributed by atoms with Crippen LogP contribution in [0.3, 0.4) is 0 Å². The van der Waals surface area contributed by atoms with Gasteiger partial charge in [-0.3, -0.25) is 4.90 Å². The van der Waals surface area contributed by atoms with E-state index in [9.17, 15) is 0 Å². The molecule has 5 heteroatoms. The van der Waals surface area contributed by atoms with E-state index in [1.54, 1.807) is 0 Å². The van der Waals surface area contributed by atoms with Crippen LogP contribution in [0.15, 0.2) is 30.7 Å². The summed E-state index contributed by atoms with van der Waals surface area (Å²) >= 11 is 0. The molecule has 3 heterocycles. The third-order valence-electron chi connectivity index (χ3n) is 5.24. The fourth-order valence-electron chi connectivity index (χ4n) is 3.79. The summed E-state index contributed by atoms with van der Waals surface area (Å²) in [6.45, 7) is 11.3. The molecule has 1 aliphatic heterocycles. The van der Waals surface area contributed by atoms with Crippen LogP contribution in [0.2, 0.25) is 0 Å². The second-order valence-electron chi connectivity index (χ2n) is 7.12. The maximum atomic E-state index is 5.46. The molecule has 25 heavy (non-hydrogen) atoms. The zero-order chi connectivity index (χ0) is 17.4. The molecule has 0 radical (unpaired) electrons. The molecule has 1 aliphatic rings. The van der Waals surface area contributed by atoms with Gasteiger partial charge in [0.2, 0.25) is 0 Å². The quantitative estimate of drug-likeness (QED) is 0.791. The van der Waals surface area contributed by atoms with Crippen LogP contribution in [0.5, 0.6) is 0 Å². The minimum Gasteiger partial charge on any atom is -0.379 e. The number of fused-ring (bicyclic) bond motifs is 1. The zero-order valence-corrected chi connectivity index (χ0v) is 15.2. The second kappa shape index (κ2) is 6.65. The molecule has 1 atom stereocenters. The van der Waals surface area contributed by atoms with E-state index in [2.05, 4.69) is 58.4 Å². The molecular weight excluding hydrogens is 312 g/mol. The lowest BCUT2D eigenvalue weighted by atomic mass is 10.1. The number of rotatable bonds is 4. The molecule has 0 unspecified atom stereocenters. The number of nitrogens with zero attached hydrogens (tertiary/aromatic N) is 3. The Hall–Kier alpha value is -2.11. The molecule has 0 spiro atoms. The third-order valence-corrected chi connectivity index (χ3v) is 5.24. The van der Waals surface area contributed by atoms with Gasteiger partial charge in [0.1, 0.15) is 0 Å². The van der Waals surface area contributed by atoms with Crippen LogP contribution >= 0.6 is 0 Å². The van der Waals surface area contributed by atoms with Crippen LogP contribution in [0.1, 0.15) is 24.1 Å². The largest absolute Gasteiger partial charge is 0.379 e. The molecule has 0 bridgehead atoms. The average Bonchev–Trinajstić information content (AvgIpc) is 3.21. The lowest BCUT2D eigenvalue weighted by Crippen LogP contribution is -2.39. The molecule has 1 saturated heterocycles. The van der Waals surface area contributed by atoms with Gasteiger partial charge in [0, 0.05) is 36.6 Å². The third kappa shape index (κ3) is 3.10. The zero-order valence-electron chi connectivity index (χ0n) is 15.2. The minimum absolute atomic E-state index is 0.364. The van der Waals surface area contributed by atoms with Crippen molar-refractivity contribution in [1.29, 1.82) is 0 Å². The summed E-state index contributed by atoms with van der Waals surface area (Å²) < 4.78 is 7.75. The Morgan fingerprint density at radius 3 is 2.84 bits per heavy atom. The summed E-state index contributed by atoms with van der Waals surface area (Å²) in [5.74, 6) is 0. The van der Waals surface area contributed by atoms with E-state index in [0.29, 0.717) is 6.04 Å². The molecule has 1 aromatic carbocycles. The maximum Gasteiger partial charge on any atom is 0.0954 e. The molecule has 4 rings (SSSR count). The number of imidazole rings is 1. The number of H-pyrrole nitrogens is 1. The van der Waals surface area contributed by atoms with Gasteiger partial charge in [-0.15, -0.1) is 0 Å². The van der Waals surface area contributed by atoms with Crippen LogP contribution in [0, 0.1) is 13.8 Å². The van der Waals surface area contributed by atoms with Gasteiger partial charge in [0.05, 0.1) is 37.1 Å². The van der Waals surface area contributed by atoms with Gasteiger partial charge >= 0.3 is 0 Å². The number of aromatic amines is 1. The SMILES string of the molecule is Cc1ccc2[nH]c(-c3cncn3[C@H](C)CN3CCOCC3)c(C)c2c1. The van der Waals surface area contributed by atoms with Crippen LogP contribution in [0.4, 0.5) is 0 Å². The van der Waals surface area contributed by atoms with Gasteiger partial charge in [0.15, 0.2) is 0 Å². The van der Waals surface area contributed by atoms with E-state index in [4.69, 9.17) is 4.74 Å². The Balaban J connectivity index is 1.66. The summed E-state index contributed by atoms with van der Waals surface area (Å²) in [4.78, 5) is 10.5. The Bertz CT molecular complexity index is 873. The van der Waals surface area contributed by atoms with Crippen LogP contribution < -0.4 is 0 Å². The van der Waals surface area contributed by atoms with Crippen LogP contribution in [-0.2, 0) is 4.74 Å². The van der Waals surface area contributed by atoms with E-state index >= 15 is 0 Å². The Morgan fingerprint density at radius 2 is 2.04 bits per heavy atom. The van der Waals surface area contributed by atoms with E-state index in [0.717, 1.165) is 38.5 Å². The highest BCUT2D eigenvalue weighted by Gasteiger charge is 2.19. The fraction of sp³-hybridized carbons (Fsp3) is 0.450. The molecule has 0 aliphatic carbocycles. The Kier molecular flexibility index (Phi) is 4.36. The van der Waals surface area contributed by atoms with E-state index in [1.807, 2.05) is 12.5 Å². The normalized spacial score (nSPS) is 17.2. The number of morpholine rings is 1. The summed E-state index contributed by atoms with van der Waals surface area (Å²) in [6.07, 6.45) is 3.93. The maximum absolute atomic E-state index is 5.46. The number of ether oxygens (including phenoxy) is 1. The molecule has 2 aromatic heterocycles. The first kappa shape index (κ1) is 16.4. The van der Waals surface area contributed by atoms with Crippen molar-refractivity contribution in [1.82, 2.24) is 19.4 Å². The molecule has 1 fully saturated rings. The first-order chi connectivity index (χ1) is 12.1. The van der Waals surface area contributed by atoms with Crippen molar-refractivity contribution >= 4 is 10.9 Å². The number of aryl methyl sites for hydroxylation is 2. The molecular formula is C20H26N4O. The number of hydrogen-bond acceptors (Lipinski definition) is 3. The molecule has 5 nitrogen and oxygen atoms in total. The number of benzene rings is 1.